The predicted octanol–water partition coefficient (Wildman–Crippen LogP) is 5.75. The molecule has 0 atom stereocenters. The van der Waals surface area contributed by atoms with E-state index in [1.54, 1.807) is 0 Å². The summed E-state index contributed by atoms with van der Waals surface area (Å²) in [7, 11) is 0. The van der Waals surface area contributed by atoms with Gasteiger partial charge in [0.2, 0.25) is 0 Å². The van der Waals surface area contributed by atoms with Gasteiger partial charge >= 0.3 is 0 Å². The lowest BCUT2D eigenvalue weighted by Crippen LogP contribution is -1.92. The van der Waals surface area contributed by atoms with Crippen LogP contribution in [0.1, 0.15) is 61.3 Å². The van der Waals surface area contributed by atoms with E-state index in [0.717, 1.165) is 24.1 Å². The molecule has 0 amide bonds. The Labute approximate surface area is 148 Å². The van der Waals surface area contributed by atoms with Crippen molar-refractivity contribution < 1.29 is 8.78 Å². The Morgan fingerprint density at radius 3 is 2.04 bits per heavy atom. The molecule has 2 rings (SSSR count). The Morgan fingerprint density at radius 1 is 0.840 bits per heavy atom. The van der Waals surface area contributed by atoms with E-state index in [2.05, 4.69) is 18.8 Å². The Bertz CT molecular complexity index is 782. The lowest BCUT2D eigenvalue weighted by molar-refractivity contribution is 0.576. The highest BCUT2D eigenvalue weighted by Gasteiger charge is 2.09. The fourth-order valence-electron chi connectivity index (χ4n) is 2.58. The van der Waals surface area contributed by atoms with E-state index in [-0.39, 0.29) is 5.56 Å². The van der Waals surface area contributed by atoms with E-state index in [1.807, 2.05) is 24.3 Å². The van der Waals surface area contributed by atoms with Crippen molar-refractivity contribution in [2.45, 2.75) is 45.4 Å². The first-order chi connectivity index (χ1) is 12.1. The van der Waals surface area contributed by atoms with Crippen molar-refractivity contribution in [1.82, 2.24) is 0 Å². The summed E-state index contributed by atoms with van der Waals surface area (Å²) >= 11 is 0. The summed E-state index contributed by atoms with van der Waals surface area (Å²) < 4.78 is 27.1. The second-order valence-corrected chi connectivity index (χ2v) is 6.04. The van der Waals surface area contributed by atoms with E-state index < -0.39 is 17.2 Å². The molecule has 0 aromatic heterocycles. The van der Waals surface area contributed by atoms with Gasteiger partial charge in [-0.2, -0.15) is 5.26 Å². The third-order valence-corrected chi connectivity index (χ3v) is 4.03. The number of rotatable bonds is 6. The van der Waals surface area contributed by atoms with Gasteiger partial charge in [-0.3, -0.25) is 0 Å². The Hall–Kier alpha value is -2.65. The summed E-state index contributed by atoms with van der Waals surface area (Å²) in [5, 5.41) is 8.66. The first kappa shape index (κ1) is 18.7. The van der Waals surface area contributed by atoms with Gasteiger partial charge in [0, 0.05) is 11.1 Å². The van der Waals surface area contributed by atoms with Crippen LogP contribution < -0.4 is 0 Å². The van der Waals surface area contributed by atoms with Crippen molar-refractivity contribution >= 4 is 0 Å². The lowest BCUT2D eigenvalue weighted by Gasteiger charge is -2.02. The third kappa shape index (κ3) is 5.73. The van der Waals surface area contributed by atoms with Crippen LogP contribution in [0.5, 0.6) is 0 Å². The Balaban J connectivity index is 1.98. The molecule has 0 saturated heterocycles. The summed E-state index contributed by atoms with van der Waals surface area (Å²) in [4.78, 5) is 0. The van der Waals surface area contributed by atoms with Gasteiger partial charge < -0.3 is 0 Å². The molecule has 2 aromatic carbocycles. The molecule has 0 aliphatic carbocycles. The fraction of sp³-hybridized carbons (Fsp3) is 0.318. The number of benzene rings is 2. The van der Waals surface area contributed by atoms with Gasteiger partial charge in [-0.1, -0.05) is 56.6 Å². The molecular weight excluding hydrogens is 316 g/mol. The average molecular weight is 337 g/mol. The van der Waals surface area contributed by atoms with E-state index in [1.165, 1.54) is 43.7 Å². The second-order valence-electron chi connectivity index (χ2n) is 6.04. The zero-order valence-corrected chi connectivity index (χ0v) is 14.4. The molecule has 1 nitrogen and oxygen atoms in total. The molecule has 0 aliphatic heterocycles. The standard InChI is InChI=1S/C22H21F2N/c1-2-3-4-5-6-7-17-8-10-18(11-9-17)12-13-19-14-21(23)20(16-25)22(24)15-19/h8-11,14-15H,2-7H2,1H3. The molecule has 0 heterocycles. The minimum Gasteiger partial charge on any atom is -0.205 e. The zero-order chi connectivity index (χ0) is 18.1. The minimum absolute atomic E-state index is 0.217. The van der Waals surface area contributed by atoms with Gasteiger partial charge in [-0.25, -0.2) is 8.78 Å². The first-order valence-electron chi connectivity index (χ1n) is 8.64. The van der Waals surface area contributed by atoms with Gasteiger partial charge in [0.15, 0.2) is 0 Å². The van der Waals surface area contributed by atoms with Gasteiger partial charge in [-0.15, -0.1) is 0 Å². The van der Waals surface area contributed by atoms with Crippen molar-refractivity contribution in [2.75, 3.05) is 0 Å². The Morgan fingerprint density at radius 2 is 1.44 bits per heavy atom. The molecular formula is C22H21F2N. The monoisotopic (exact) mass is 337 g/mol. The van der Waals surface area contributed by atoms with Gasteiger partial charge in [0.1, 0.15) is 23.3 Å². The topological polar surface area (TPSA) is 23.8 Å². The molecule has 2 aromatic rings. The molecule has 128 valence electrons. The SMILES string of the molecule is CCCCCCCc1ccc(C#Cc2cc(F)c(C#N)c(F)c2)cc1. The van der Waals surface area contributed by atoms with Crippen LogP contribution in [-0.4, -0.2) is 0 Å². The van der Waals surface area contributed by atoms with Crippen LogP contribution >= 0.6 is 0 Å². The molecule has 0 spiro atoms. The van der Waals surface area contributed by atoms with Crippen molar-refractivity contribution in [3.05, 3.63) is 70.3 Å². The van der Waals surface area contributed by atoms with Crippen molar-refractivity contribution in [2.24, 2.45) is 0 Å². The van der Waals surface area contributed by atoms with Crippen LogP contribution in [0.15, 0.2) is 36.4 Å². The van der Waals surface area contributed by atoms with Crippen LogP contribution in [0.4, 0.5) is 8.78 Å². The van der Waals surface area contributed by atoms with E-state index in [9.17, 15) is 8.78 Å². The van der Waals surface area contributed by atoms with Gasteiger partial charge in [0.25, 0.3) is 0 Å². The number of unbranched alkanes of at least 4 members (excludes halogenated alkanes) is 4. The molecule has 0 bridgehead atoms. The number of nitrogens with zero attached hydrogens (tertiary/aromatic N) is 1. The summed E-state index contributed by atoms with van der Waals surface area (Å²) in [5.74, 6) is 3.87. The number of nitriles is 1. The molecule has 3 heteroatoms. The van der Waals surface area contributed by atoms with E-state index in [0.29, 0.717) is 0 Å². The summed E-state index contributed by atoms with van der Waals surface area (Å²) in [6.07, 6.45) is 7.34. The summed E-state index contributed by atoms with van der Waals surface area (Å²) in [6.45, 7) is 2.21. The minimum atomic E-state index is -0.884. The van der Waals surface area contributed by atoms with Crippen LogP contribution in [0.25, 0.3) is 0 Å². The molecule has 0 N–H and O–H groups in total. The molecule has 0 radical (unpaired) electrons. The molecule has 0 fully saturated rings. The maximum Gasteiger partial charge on any atom is 0.145 e. The number of hydrogen-bond acceptors (Lipinski definition) is 1. The van der Waals surface area contributed by atoms with Crippen molar-refractivity contribution in [3.63, 3.8) is 0 Å². The summed E-state index contributed by atoms with van der Waals surface area (Å²) in [6, 6.07) is 11.6. The van der Waals surface area contributed by atoms with Gasteiger partial charge in [0.05, 0.1) is 0 Å². The fourth-order valence-corrected chi connectivity index (χ4v) is 2.58. The molecule has 25 heavy (non-hydrogen) atoms. The number of halogens is 2. The highest BCUT2D eigenvalue weighted by Crippen LogP contribution is 2.14. The second kappa shape index (κ2) is 9.60. The zero-order valence-electron chi connectivity index (χ0n) is 14.4. The highest BCUT2D eigenvalue weighted by molar-refractivity contribution is 5.46. The predicted molar refractivity (Wildman–Crippen MR) is 96.0 cm³/mol. The average Bonchev–Trinajstić information content (AvgIpc) is 2.60. The first-order valence-corrected chi connectivity index (χ1v) is 8.64. The largest absolute Gasteiger partial charge is 0.205 e. The third-order valence-electron chi connectivity index (χ3n) is 4.03. The summed E-state index contributed by atoms with van der Waals surface area (Å²) in [5.41, 5.74) is 1.71. The van der Waals surface area contributed by atoms with Crippen LogP contribution in [0, 0.1) is 34.8 Å². The van der Waals surface area contributed by atoms with Gasteiger partial charge in [-0.05, 0) is 42.7 Å². The quantitative estimate of drug-likeness (QED) is 0.486. The van der Waals surface area contributed by atoms with Crippen LogP contribution in [0.3, 0.4) is 0 Å². The number of aryl methyl sites for hydroxylation is 1. The highest BCUT2D eigenvalue weighted by atomic mass is 19.1. The van der Waals surface area contributed by atoms with E-state index >= 15 is 0 Å². The molecule has 0 aliphatic rings. The van der Waals surface area contributed by atoms with E-state index in [4.69, 9.17) is 5.26 Å². The molecule has 0 unspecified atom stereocenters. The van der Waals surface area contributed by atoms with Crippen LogP contribution in [-0.2, 0) is 6.42 Å². The Kier molecular flexibility index (Phi) is 7.17. The maximum absolute atomic E-state index is 13.6. The molecule has 0 saturated carbocycles. The number of hydrogen-bond donors (Lipinski definition) is 0. The maximum atomic E-state index is 13.6. The normalized spacial score (nSPS) is 10.0. The smallest absolute Gasteiger partial charge is 0.145 e. The van der Waals surface area contributed by atoms with Crippen molar-refractivity contribution in [1.29, 1.82) is 5.26 Å². The van der Waals surface area contributed by atoms with Crippen LogP contribution in [0.2, 0.25) is 0 Å². The lowest BCUT2D eigenvalue weighted by atomic mass is 10.0. The van der Waals surface area contributed by atoms with Crippen molar-refractivity contribution in [3.8, 4) is 17.9 Å².